The molecule has 10 nitrogen and oxygen atoms in total. The van der Waals surface area contributed by atoms with Gasteiger partial charge >= 0.3 is 0 Å². The third-order valence-electron chi connectivity index (χ3n) is 10.7. The van der Waals surface area contributed by atoms with Crippen molar-refractivity contribution >= 4 is 23.2 Å². The molecule has 0 saturated heterocycles. The molecular weight excluding hydrogens is 651 g/mol. The molecule has 4 bridgehead atoms. The Kier molecular flexibility index (Phi) is 7.70. The molecule has 12 heteroatoms. The van der Waals surface area contributed by atoms with Gasteiger partial charge in [-0.05, 0) is 49.4 Å². The molecule has 48 heavy (non-hydrogen) atoms. The predicted octanol–water partition coefficient (Wildman–Crippen LogP) is 5.60. The van der Waals surface area contributed by atoms with Crippen LogP contribution in [0, 0.1) is 10.8 Å². The van der Waals surface area contributed by atoms with Gasteiger partial charge in [-0.15, -0.1) is 0 Å². The van der Waals surface area contributed by atoms with Gasteiger partial charge in [0, 0.05) is 48.4 Å². The molecule has 2 aromatic carbocycles. The van der Waals surface area contributed by atoms with Crippen LogP contribution < -0.4 is 20.1 Å². The second-order valence-electron chi connectivity index (χ2n) is 14.5. The van der Waals surface area contributed by atoms with Crippen molar-refractivity contribution in [2.24, 2.45) is 10.8 Å². The lowest BCUT2D eigenvalue weighted by Crippen LogP contribution is -2.69. The summed E-state index contributed by atoms with van der Waals surface area (Å²) >= 11 is 14.1. The summed E-state index contributed by atoms with van der Waals surface area (Å²) in [5.74, 6) is 0.865. The summed E-state index contributed by atoms with van der Waals surface area (Å²) in [6.07, 6.45) is 8.65. The van der Waals surface area contributed by atoms with E-state index >= 15 is 0 Å². The highest BCUT2D eigenvalue weighted by Gasteiger charge is 2.67. The molecule has 0 atom stereocenters. The number of aliphatic hydroxyl groups is 2. The molecule has 6 saturated carbocycles. The lowest BCUT2D eigenvalue weighted by molar-refractivity contribution is -0.257. The second-order valence-corrected chi connectivity index (χ2v) is 15.2. The number of aromatic nitrogens is 4. The van der Waals surface area contributed by atoms with Crippen molar-refractivity contribution in [1.29, 1.82) is 0 Å². The van der Waals surface area contributed by atoms with E-state index in [-0.39, 0.29) is 10.8 Å². The highest BCUT2D eigenvalue weighted by molar-refractivity contribution is 6.39. The fourth-order valence-electron chi connectivity index (χ4n) is 8.64. The lowest BCUT2D eigenvalue weighted by atomic mass is 9.41. The number of benzene rings is 2. The van der Waals surface area contributed by atoms with Crippen molar-refractivity contribution in [2.45, 2.75) is 62.8 Å². The van der Waals surface area contributed by atoms with Crippen LogP contribution >= 0.6 is 23.2 Å². The summed E-state index contributed by atoms with van der Waals surface area (Å²) in [5.41, 5.74) is 5.11. The minimum Gasteiger partial charge on any atom is -0.480 e. The number of nitrogens with one attached hydrogen (secondary N) is 2. The van der Waals surface area contributed by atoms with E-state index in [1.165, 1.54) is 0 Å². The van der Waals surface area contributed by atoms with Crippen LogP contribution in [-0.4, -0.2) is 68.7 Å². The van der Waals surface area contributed by atoms with E-state index in [2.05, 4.69) is 20.6 Å². The Morgan fingerprint density at radius 2 is 1.02 bits per heavy atom. The van der Waals surface area contributed by atoms with Crippen LogP contribution in [0.2, 0.25) is 10.0 Å². The van der Waals surface area contributed by atoms with Crippen LogP contribution in [0.4, 0.5) is 0 Å². The number of hydrogen-bond acceptors (Lipinski definition) is 10. The molecule has 6 fully saturated rings. The number of ether oxygens (including phenoxy) is 2. The molecule has 4 N–H and O–H groups in total. The van der Waals surface area contributed by atoms with Gasteiger partial charge in [0.15, 0.2) is 0 Å². The minimum atomic E-state index is -0.410. The SMILES string of the molecule is COc1nc(-c2cccc(-c3cccc(-c4cnc(CNCC56CC(O)(C5)C6)c(OC)n4)c3Cl)c2Cl)cnc1CNCC12CC(O)(C1)C2. The first-order valence-corrected chi connectivity index (χ1v) is 17.1. The average molecular weight is 690 g/mol. The standard InChI is InChI=1S/C36H38Cl2N6O4/c1-47-31-27(9-39-19-33-13-35(45,14-33)15-33)41-11-25(43-31)23-7-3-5-21(29(23)37)22-6-4-8-24(30(22)38)26-12-42-28(32(44-26)48-2)10-40-20-34-16-36(46,17-34)18-34/h3-8,11-12,39-40,45-46H,9-10,13-20H2,1-2H3. The molecule has 0 radical (unpaired) electrons. The molecular formula is C36H38Cl2N6O4. The maximum atomic E-state index is 10.1. The predicted molar refractivity (Wildman–Crippen MR) is 183 cm³/mol. The Hall–Kier alpha value is -3.38. The normalized spacial score (nSPS) is 27.7. The Morgan fingerprint density at radius 3 is 1.38 bits per heavy atom. The van der Waals surface area contributed by atoms with E-state index < -0.39 is 11.2 Å². The van der Waals surface area contributed by atoms with Gasteiger partial charge < -0.3 is 30.3 Å². The fraction of sp³-hybridized carbons (Fsp3) is 0.444. The molecule has 0 spiro atoms. The maximum absolute atomic E-state index is 10.1. The van der Waals surface area contributed by atoms with Gasteiger partial charge in [-0.1, -0.05) is 59.6 Å². The molecule has 2 heterocycles. The zero-order valence-corrected chi connectivity index (χ0v) is 28.5. The number of halogens is 2. The summed E-state index contributed by atoms with van der Waals surface area (Å²) in [4.78, 5) is 18.9. The van der Waals surface area contributed by atoms with Crippen LogP contribution in [0.5, 0.6) is 11.8 Å². The highest BCUT2D eigenvalue weighted by atomic mass is 35.5. The van der Waals surface area contributed by atoms with Gasteiger partial charge in [-0.3, -0.25) is 9.97 Å². The molecule has 6 aliphatic carbocycles. The second kappa shape index (κ2) is 11.6. The Bertz CT molecular complexity index is 1750. The first-order chi connectivity index (χ1) is 23.1. The van der Waals surface area contributed by atoms with Crippen LogP contribution in [0.25, 0.3) is 33.6 Å². The maximum Gasteiger partial charge on any atom is 0.237 e. The van der Waals surface area contributed by atoms with E-state index in [1.54, 1.807) is 26.6 Å². The van der Waals surface area contributed by atoms with Gasteiger partial charge in [0.2, 0.25) is 11.8 Å². The molecule has 6 aliphatic rings. The van der Waals surface area contributed by atoms with Crippen molar-refractivity contribution in [3.8, 4) is 45.4 Å². The number of nitrogens with zero attached hydrogens (tertiary/aromatic N) is 4. The van der Waals surface area contributed by atoms with Gasteiger partial charge in [-0.2, -0.15) is 0 Å². The van der Waals surface area contributed by atoms with Crippen molar-refractivity contribution in [3.05, 3.63) is 70.2 Å². The van der Waals surface area contributed by atoms with Crippen molar-refractivity contribution < 1.29 is 19.7 Å². The van der Waals surface area contributed by atoms with Crippen LogP contribution in [0.3, 0.4) is 0 Å². The van der Waals surface area contributed by atoms with Crippen LogP contribution in [-0.2, 0) is 13.1 Å². The zero-order chi connectivity index (χ0) is 33.3. The Morgan fingerprint density at radius 1 is 0.646 bits per heavy atom. The van der Waals surface area contributed by atoms with Gasteiger partial charge in [0.25, 0.3) is 0 Å². The number of methoxy groups -OCH3 is 2. The molecule has 2 aromatic heterocycles. The van der Waals surface area contributed by atoms with Crippen molar-refractivity contribution in [3.63, 3.8) is 0 Å². The van der Waals surface area contributed by atoms with Crippen molar-refractivity contribution in [2.75, 3.05) is 27.3 Å². The van der Waals surface area contributed by atoms with E-state index in [1.807, 2.05) is 36.4 Å². The van der Waals surface area contributed by atoms with Crippen LogP contribution in [0.15, 0.2) is 48.8 Å². The smallest absolute Gasteiger partial charge is 0.237 e. The topological polar surface area (TPSA) is 135 Å². The summed E-state index contributed by atoms with van der Waals surface area (Å²) in [6, 6.07) is 11.5. The molecule has 0 amide bonds. The number of rotatable bonds is 13. The number of hydrogen-bond donors (Lipinski definition) is 4. The molecule has 10 rings (SSSR count). The molecule has 4 aromatic rings. The van der Waals surface area contributed by atoms with Gasteiger partial charge in [0.05, 0.1) is 59.2 Å². The molecule has 0 unspecified atom stereocenters. The summed E-state index contributed by atoms with van der Waals surface area (Å²) < 4.78 is 11.2. The third kappa shape index (κ3) is 5.43. The highest BCUT2D eigenvalue weighted by Crippen LogP contribution is 2.67. The lowest BCUT2D eigenvalue weighted by Gasteiger charge is -2.68. The largest absolute Gasteiger partial charge is 0.480 e. The van der Waals surface area contributed by atoms with E-state index in [0.717, 1.165) is 62.7 Å². The monoisotopic (exact) mass is 688 g/mol. The summed E-state index contributed by atoms with van der Waals surface area (Å²) in [6.45, 7) is 2.71. The first-order valence-electron chi connectivity index (χ1n) is 16.3. The quantitative estimate of drug-likeness (QED) is 0.141. The van der Waals surface area contributed by atoms with Crippen molar-refractivity contribution in [1.82, 2.24) is 30.6 Å². The van der Waals surface area contributed by atoms with E-state index in [0.29, 0.717) is 68.8 Å². The van der Waals surface area contributed by atoms with E-state index in [9.17, 15) is 10.2 Å². The van der Waals surface area contributed by atoms with Gasteiger partial charge in [0.1, 0.15) is 11.4 Å². The fourth-order valence-corrected chi connectivity index (χ4v) is 9.29. The average Bonchev–Trinajstić information content (AvgIpc) is 3.02. The first kappa shape index (κ1) is 31.9. The van der Waals surface area contributed by atoms with Crippen LogP contribution in [0.1, 0.15) is 49.9 Å². The summed E-state index contributed by atoms with van der Waals surface area (Å²) in [7, 11) is 3.17. The Balaban J connectivity index is 0.999. The minimum absolute atomic E-state index is 0.225. The molecule has 250 valence electrons. The van der Waals surface area contributed by atoms with E-state index in [4.69, 9.17) is 42.6 Å². The summed E-state index contributed by atoms with van der Waals surface area (Å²) in [5, 5.41) is 28.0. The zero-order valence-electron chi connectivity index (χ0n) is 26.9. The third-order valence-corrected chi connectivity index (χ3v) is 11.5. The molecule has 0 aliphatic heterocycles. The Labute approximate surface area is 289 Å². The van der Waals surface area contributed by atoms with Gasteiger partial charge in [-0.25, -0.2) is 9.97 Å².